The van der Waals surface area contributed by atoms with Crippen LogP contribution in [0.4, 0.5) is 15.3 Å². The second-order valence-corrected chi connectivity index (χ2v) is 5.41. The van der Waals surface area contributed by atoms with E-state index in [-0.39, 0.29) is 17.3 Å². The van der Waals surface area contributed by atoms with Crippen LogP contribution < -0.4 is 21.3 Å². The molecule has 136 valence electrons. The summed E-state index contributed by atoms with van der Waals surface area (Å²) in [6, 6.07) is 4.97. The molecule has 0 saturated heterocycles. The van der Waals surface area contributed by atoms with E-state index in [1.807, 2.05) is 5.32 Å². The van der Waals surface area contributed by atoms with Gasteiger partial charge in [-0.1, -0.05) is 12.1 Å². The first-order chi connectivity index (χ1) is 11.7. The van der Waals surface area contributed by atoms with Crippen LogP contribution in [0.2, 0.25) is 0 Å². The van der Waals surface area contributed by atoms with Crippen LogP contribution in [-0.2, 0) is 9.53 Å². The third-order valence-electron chi connectivity index (χ3n) is 2.93. The van der Waals surface area contributed by atoms with Crippen molar-refractivity contribution in [1.29, 1.82) is 0 Å². The number of nitrogens with one attached hydrogen (secondary N) is 4. The van der Waals surface area contributed by atoms with E-state index >= 15 is 0 Å². The van der Waals surface area contributed by atoms with E-state index in [1.165, 1.54) is 26.1 Å². The molecule has 0 heterocycles. The van der Waals surface area contributed by atoms with Crippen molar-refractivity contribution in [2.24, 2.45) is 0 Å². The molecule has 5 amide bonds. The Labute approximate surface area is 145 Å². The SMILES string of the molecule is CNC(=O)NC(=O)[C@H](C)OC(=O)c1ccccc1NC(=O)NC(C)C. The summed E-state index contributed by atoms with van der Waals surface area (Å²) in [5.74, 6) is -1.57. The molecular formula is C16H22N4O5. The van der Waals surface area contributed by atoms with Crippen molar-refractivity contribution in [3.05, 3.63) is 29.8 Å². The number of rotatable bonds is 5. The van der Waals surface area contributed by atoms with Crippen molar-refractivity contribution in [2.75, 3.05) is 12.4 Å². The maximum atomic E-state index is 12.3. The minimum Gasteiger partial charge on any atom is -0.449 e. The summed E-state index contributed by atoms with van der Waals surface area (Å²) in [5, 5.41) is 9.41. The fraction of sp³-hybridized carbons (Fsp3) is 0.375. The van der Waals surface area contributed by atoms with Crippen LogP contribution in [-0.4, -0.2) is 43.1 Å². The second-order valence-electron chi connectivity index (χ2n) is 5.41. The van der Waals surface area contributed by atoms with Crippen molar-refractivity contribution >= 4 is 29.6 Å². The smallest absolute Gasteiger partial charge is 0.341 e. The molecule has 0 fully saturated rings. The highest BCUT2D eigenvalue weighted by Crippen LogP contribution is 2.17. The Kier molecular flexibility index (Phi) is 7.39. The summed E-state index contributed by atoms with van der Waals surface area (Å²) < 4.78 is 5.04. The molecule has 1 rings (SSSR count). The van der Waals surface area contributed by atoms with Gasteiger partial charge in [-0.15, -0.1) is 0 Å². The number of carbonyl (C=O) groups is 4. The molecule has 0 saturated carbocycles. The maximum absolute atomic E-state index is 12.3. The van der Waals surface area contributed by atoms with E-state index in [0.717, 1.165) is 0 Å². The molecule has 9 nitrogen and oxygen atoms in total. The zero-order chi connectivity index (χ0) is 19.0. The molecule has 0 aliphatic rings. The summed E-state index contributed by atoms with van der Waals surface area (Å²) >= 11 is 0. The van der Waals surface area contributed by atoms with Crippen LogP contribution in [0.15, 0.2) is 24.3 Å². The predicted molar refractivity (Wildman–Crippen MR) is 91.2 cm³/mol. The molecule has 25 heavy (non-hydrogen) atoms. The van der Waals surface area contributed by atoms with Crippen LogP contribution in [0.25, 0.3) is 0 Å². The van der Waals surface area contributed by atoms with Gasteiger partial charge in [0.05, 0.1) is 11.3 Å². The zero-order valence-electron chi connectivity index (χ0n) is 14.5. The lowest BCUT2D eigenvalue weighted by Crippen LogP contribution is -2.43. The first kappa shape index (κ1) is 19.9. The summed E-state index contributed by atoms with van der Waals surface area (Å²) in [6.45, 7) is 4.93. The number of ether oxygens (including phenoxy) is 1. The highest BCUT2D eigenvalue weighted by atomic mass is 16.5. The second kappa shape index (κ2) is 9.26. The molecular weight excluding hydrogens is 328 g/mol. The molecule has 1 atom stereocenters. The quantitative estimate of drug-likeness (QED) is 0.594. The van der Waals surface area contributed by atoms with Gasteiger partial charge in [-0.3, -0.25) is 10.1 Å². The van der Waals surface area contributed by atoms with Crippen LogP contribution >= 0.6 is 0 Å². The van der Waals surface area contributed by atoms with Crippen LogP contribution in [0.3, 0.4) is 0 Å². The lowest BCUT2D eigenvalue weighted by Gasteiger charge is -2.15. The van der Waals surface area contributed by atoms with Gasteiger partial charge in [-0.2, -0.15) is 0 Å². The highest BCUT2D eigenvalue weighted by Gasteiger charge is 2.22. The van der Waals surface area contributed by atoms with Crippen molar-refractivity contribution in [2.45, 2.75) is 32.9 Å². The molecule has 0 bridgehead atoms. The average Bonchev–Trinajstić information content (AvgIpc) is 2.54. The van der Waals surface area contributed by atoms with Gasteiger partial charge in [0.15, 0.2) is 6.10 Å². The lowest BCUT2D eigenvalue weighted by atomic mass is 10.2. The summed E-state index contributed by atoms with van der Waals surface area (Å²) in [7, 11) is 1.35. The van der Waals surface area contributed by atoms with Gasteiger partial charge in [-0.05, 0) is 32.9 Å². The number of para-hydroxylation sites is 1. The molecule has 0 aliphatic carbocycles. The molecule has 1 aromatic rings. The molecule has 0 aliphatic heterocycles. The minimum atomic E-state index is -1.19. The van der Waals surface area contributed by atoms with Crippen molar-refractivity contribution < 1.29 is 23.9 Å². The first-order valence-electron chi connectivity index (χ1n) is 7.64. The molecule has 9 heteroatoms. The number of benzene rings is 1. The fourth-order valence-corrected chi connectivity index (χ4v) is 1.74. The Bertz CT molecular complexity index is 660. The van der Waals surface area contributed by atoms with Crippen LogP contribution in [0.1, 0.15) is 31.1 Å². The van der Waals surface area contributed by atoms with E-state index in [0.29, 0.717) is 0 Å². The third kappa shape index (κ3) is 6.50. The fourth-order valence-electron chi connectivity index (χ4n) is 1.74. The Hall–Kier alpha value is -3.10. The van der Waals surface area contributed by atoms with Crippen molar-refractivity contribution in [1.82, 2.24) is 16.0 Å². The maximum Gasteiger partial charge on any atom is 0.341 e. The van der Waals surface area contributed by atoms with Crippen molar-refractivity contribution in [3.63, 3.8) is 0 Å². The summed E-state index contributed by atoms with van der Waals surface area (Å²) in [4.78, 5) is 46.9. The Balaban J connectivity index is 2.80. The van der Waals surface area contributed by atoms with Gasteiger partial charge in [0, 0.05) is 13.1 Å². The van der Waals surface area contributed by atoms with E-state index in [2.05, 4.69) is 16.0 Å². The number of hydrogen-bond acceptors (Lipinski definition) is 5. The predicted octanol–water partition coefficient (Wildman–Crippen LogP) is 1.22. The number of hydrogen-bond donors (Lipinski definition) is 4. The lowest BCUT2D eigenvalue weighted by molar-refractivity contribution is -0.127. The van der Waals surface area contributed by atoms with E-state index in [1.54, 1.807) is 26.0 Å². The minimum absolute atomic E-state index is 0.0763. The monoisotopic (exact) mass is 350 g/mol. The van der Waals surface area contributed by atoms with Crippen molar-refractivity contribution in [3.8, 4) is 0 Å². The number of imide groups is 1. The highest BCUT2D eigenvalue weighted by molar-refractivity contribution is 6.02. The van der Waals surface area contributed by atoms with Crippen LogP contribution in [0.5, 0.6) is 0 Å². The topological polar surface area (TPSA) is 126 Å². The summed E-state index contributed by atoms with van der Waals surface area (Å²) in [5.41, 5.74) is 0.325. The van der Waals surface area contributed by atoms with E-state index < -0.39 is 30.0 Å². The zero-order valence-corrected chi connectivity index (χ0v) is 14.5. The molecule has 4 N–H and O–H groups in total. The molecule has 0 spiro atoms. The molecule has 0 aromatic heterocycles. The number of urea groups is 2. The van der Waals surface area contributed by atoms with E-state index in [4.69, 9.17) is 4.74 Å². The Morgan fingerprint density at radius 1 is 1.00 bits per heavy atom. The number of carbonyl (C=O) groups excluding carboxylic acids is 4. The molecule has 1 aromatic carbocycles. The van der Waals surface area contributed by atoms with Crippen LogP contribution in [0, 0.1) is 0 Å². The largest absolute Gasteiger partial charge is 0.449 e. The van der Waals surface area contributed by atoms with Gasteiger partial charge >= 0.3 is 18.0 Å². The van der Waals surface area contributed by atoms with Gasteiger partial charge in [0.2, 0.25) is 0 Å². The van der Waals surface area contributed by atoms with Gasteiger partial charge in [-0.25, -0.2) is 14.4 Å². The standard InChI is InChI=1S/C16H22N4O5/c1-9(2)18-16(24)19-12-8-6-5-7-11(12)14(22)25-10(3)13(21)20-15(23)17-4/h5-10H,1-4H3,(H2,18,19,24)(H2,17,20,21,23)/t10-/m0/s1. The van der Waals surface area contributed by atoms with Gasteiger partial charge in [0.1, 0.15) is 0 Å². The Morgan fingerprint density at radius 3 is 2.24 bits per heavy atom. The summed E-state index contributed by atoms with van der Waals surface area (Å²) in [6.07, 6.45) is -1.19. The number of esters is 1. The average molecular weight is 350 g/mol. The Morgan fingerprint density at radius 2 is 1.64 bits per heavy atom. The molecule has 0 unspecified atom stereocenters. The van der Waals surface area contributed by atoms with E-state index in [9.17, 15) is 19.2 Å². The normalized spacial score (nSPS) is 11.2. The number of anilines is 1. The third-order valence-corrected chi connectivity index (χ3v) is 2.93. The first-order valence-corrected chi connectivity index (χ1v) is 7.64. The molecule has 0 radical (unpaired) electrons. The van der Waals surface area contributed by atoms with Gasteiger partial charge in [0.25, 0.3) is 5.91 Å². The number of amides is 5. The van der Waals surface area contributed by atoms with Gasteiger partial charge < -0.3 is 20.7 Å².